The number of benzene rings is 3. The zero-order valence-corrected chi connectivity index (χ0v) is 24.0. The van der Waals surface area contributed by atoms with Gasteiger partial charge >= 0.3 is 0 Å². The van der Waals surface area contributed by atoms with Gasteiger partial charge in [0.05, 0.1) is 11.3 Å². The Kier molecular flexibility index (Phi) is 8.27. The summed E-state index contributed by atoms with van der Waals surface area (Å²) in [4.78, 5) is 15.1. The van der Waals surface area contributed by atoms with Gasteiger partial charge in [0.25, 0.3) is 0 Å². The second kappa shape index (κ2) is 10.8. The van der Waals surface area contributed by atoms with E-state index in [4.69, 9.17) is 10.1 Å². The van der Waals surface area contributed by atoms with E-state index in [1.807, 2.05) is 11.3 Å². The number of para-hydroxylation sites is 1. The van der Waals surface area contributed by atoms with Gasteiger partial charge in [-0.3, -0.25) is 9.78 Å². The number of allylic oxidation sites excluding steroid dienone is 2. The number of pyridine rings is 1. The van der Waals surface area contributed by atoms with Gasteiger partial charge in [-0.15, -0.1) is 45.2 Å². The van der Waals surface area contributed by atoms with Crippen molar-refractivity contribution in [2.75, 3.05) is 0 Å². The molecular weight excluding hydrogens is 631 g/mol. The number of rotatable bonds is 2. The number of thiophene rings is 1. The number of aliphatic hydroxyl groups is 1. The Labute approximate surface area is 223 Å². The van der Waals surface area contributed by atoms with Crippen molar-refractivity contribution in [1.29, 1.82) is 0 Å². The van der Waals surface area contributed by atoms with Crippen molar-refractivity contribution in [2.45, 2.75) is 41.5 Å². The van der Waals surface area contributed by atoms with Crippen LogP contribution in [0.4, 0.5) is 0 Å². The third-order valence-corrected chi connectivity index (χ3v) is 7.42. The molecule has 2 heterocycles. The Bertz CT molecular complexity index is 1590. The number of hydrogen-bond acceptors (Lipinski definition) is 4. The van der Waals surface area contributed by atoms with Crippen LogP contribution in [0.1, 0.15) is 36.1 Å². The van der Waals surface area contributed by atoms with E-state index in [0.29, 0.717) is 0 Å². The van der Waals surface area contributed by atoms with Gasteiger partial charge in [-0.1, -0.05) is 64.1 Å². The summed E-state index contributed by atoms with van der Waals surface area (Å²) in [5, 5.41) is 12.2. The number of aliphatic hydroxyl groups excluding tert-OH is 1. The minimum atomic E-state index is -0.125. The molecule has 1 N–H and O–H groups in total. The Balaban J connectivity index is 0.000000378. The van der Waals surface area contributed by atoms with Crippen LogP contribution in [0.2, 0.25) is 0 Å². The number of fused-ring (bicyclic) bond motifs is 5. The van der Waals surface area contributed by atoms with E-state index in [1.54, 1.807) is 0 Å². The molecule has 0 bridgehead atoms. The van der Waals surface area contributed by atoms with Crippen molar-refractivity contribution in [1.82, 2.24) is 4.98 Å². The molecule has 0 atom stereocenters. The molecule has 0 unspecified atom stereocenters. The molecule has 2 aromatic heterocycles. The van der Waals surface area contributed by atoms with Crippen LogP contribution in [0.5, 0.6) is 0 Å². The molecule has 1 radical (unpaired) electrons. The van der Waals surface area contributed by atoms with E-state index in [1.165, 1.54) is 67.7 Å². The molecule has 0 aliphatic heterocycles. The molecule has 5 rings (SSSR count). The normalized spacial score (nSPS) is 11.3. The number of carbonyl (C=O) groups is 1. The quantitative estimate of drug-likeness (QED) is 0.118. The number of hydrogen-bond donors (Lipinski definition) is 1. The molecular formula is C30H28IrNO2S-. The van der Waals surface area contributed by atoms with Crippen molar-refractivity contribution in [3.05, 3.63) is 88.7 Å². The largest absolute Gasteiger partial charge is 0.512 e. The minimum Gasteiger partial charge on any atom is -0.512 e. The van der Waals surface area contributed by atoms with Crippen molar-refractivity contribution < 1.29 is 30.0 Å². The van der Waals surface area contributed by atoms with Crippen LogP contribution in [0.3, 0.4) is 0 Å². The molecule has 5 aromatic rings. The first kappa shape index (κ1) is 26.7. The Morgan fingerprint density at radius 1 is 0.914 bits per heavy atom. The van der Waals surface area contributed by atoms with Gasteiger partial charge in [0, 0.05) is 57.4 Å². The molecule has 0 saturated carbocycles. The number of aryl methyl sites for hydroxylation is 1. The third-order valence-electron chi connectivity index (χ3n) is 6.24. The first-order valence-corrected chi connectivity index (χ1v) is 12.1. The molecule has 0 aliphatic carbocycles. The molecule has 0 aliphatic rings. The summed E-state index contributed by atoms with van der Waals surface area (Å²) >= 11 is 1.84. The maximum atomic E-state index is 10.0. The van der Waals surface area contributed by atoms with Gasteiger partial charge in [0.2, 0.25) is 0 Å². The maximum absolute atomic E-state index is 10.0. The molecule has 3 aromatic carbocycles. The zero-order valence-electron chi connectivity index (χ0n) is 20.7. The molecule has 0 amide bonds. The first-order chi connectivity index (χ1) is 16.2. The third kappa shape index (κ3) is 5.23. The van der Waals surface area contributed by atoms with E-state index in [-0.39, 0.29) is 31.6 Å². The Morgan fingerprint density at radius 3 is 2.17 bits per heavy atom. The van der Waals surface area contributed by atoms with Crippen LogP contribution in [0.15, 0.2) is 60.4 Å². The Hall–Kier alpha value is -2.85. The van der Waals surface area contributed by atoms with Gasteiger partial charge in [0.15, 0.2) is 5.78 Å². The van der Waals surface area contributed by atoms with Gasteiger partial charge in [-0.05, 0) is 26.0 Å². The molecule has 0 spiro atoms. The Morgan fingerprint density at radius 2 is 1.54 bits per heavy atom. The topological polar surface area (TPSA) is 50.2 Å². The van der Waals surface area contributed by atoms with E-state index in [2.05, 4.69) is 82.3 Å². The smallest absolute Gasteiger partial charge is 0.155 e. The fraction of sp³-hybridized carbons (Fsp3) is 0.200. The molecule has 0 saturated heterocycles. The van der Waals surface area contributed by atoms with Gasteiger partial charge in [0.1, 0.15) is 0 Å². The van der Waals surface area contributed by atoms with Crippen molar-refractivity contribution in [3.63, 3.8) is 0 Å². The van der Waals surface area contributed by atoms with E-state index in [0.717, 1.165) is 16.8 Å². The molecule has 3 nitrogen and oxygen atoms in total. The van der Waals surface area contributed by atoms with Crippen molar-refractivity contribution in [2.24, 2.45) is 0 Å². The predicted octanol–water partition coefficient (Wildman–Crippen LogP) is 8.34. The van der Waals surface area contributed by atoms with Gasteiger partial charge in [-0.2, -0.15) is 0 Å². The van der Waals surface area contributed by atoms with Crippen LogP contribution in [0.25, 0.3) is 42.3 Å². The van der Waals surface area contributed by atoms with Crippen molar-refractivity contribution >= 4 is 48.2 Å². The van der Waals surface area contributed by atoms with Gasteiger partial charge in [-0.25, -0.2) is 0 Å². The van der Waals surface area contributed by atoms with Crippen LogP contribution < -0.4 is 0 Å². The number of ketones is 1. The zero-order chi connectivity index (χ0) is 24.6. The summed E-state index contributed by atoms with van der Waals surface area (Å²) in [6, 6.07) is 20.8. The molecule has 35 heavy (non-hydrogen) atoms. The monoisotopic (exact) mass is 659 g/mol. The van der Waals surface area contributed by atoms with Gasteiger partial charge < -0.3 is 5.11 Å². The van der Waals surface area contributed by atoms with E-state index >= 15 is 0 Å². The summed E-state index contributed by atoms with van der Waals surface area (Å²) in [5.74, 6) is -0.0625. The molecule has 5 heteroatoms. The van der Waals surface area contributed by atoms with E-state index in [9.17, 15) is 4.79 Å². The SMILES string of the molecule is CC(=O)/C=C(/C)O.Cc1[c-]c(-c2nc3ccccc3c3c2sc2ccccc23)c(C)c(C)c1C.[Ir]. The average Bonchev–Trinajstić information content (AvgIpc) is 3.19. The van der Waals surface area contributed by atoms with E-state index < -0.39 is 0 Å². The molecule has 0 fully saturated rings. The minimum absolute atomic E-state index is 0. The second-order valence-corrected chi connectivity index (χ2v) is 9.73. The standard InChI is InChI=1S/C25H20NS.C5H8O2.Ir/c1-14-13-20(17(4)16(3)15(14)2)24-25-23(18-9-5-7-11-21(18)26-24)19-10-6-8-12-22(19)27-25;1-4(6)3-5(2)7;/h5-12H,1-4H3;3,6H,1-2H3;/q-1;;/b;4-3-;. The van der Waals surface area contributed by atoms with Crippen LogP contribution in [-0.4, -0.2) is 15.9 Å². The average molecular weight is 659 g/mol. The van der Waals surface area contributed by atoms with Crippen molar-refractivity contribution in [3.8, 4) is 11.3 Å². The fourth-order valence-electron chi connectivity index (χ4n) is 4.26. The number of aromatic nitrogens is 1. The fourth-order valence-corrected chi connectivity index (χ4v) is 5.47. The number of carbonyl (C=O) groups excluding carboxylic acids is 1. The molecule has 181 valence electrons. The maximum Gasteiger partial charge on any atom is 0.155 e. The predicted molar refractivity (Wildman–Crippen MR) is 145 cm³/mol. The van der Waals surface area contributed by atoms with Crippen LogP contribution in [-0.2, 0) is 24.9 Å². The summed E-state index contributed by atoms with van der Waals surface area (Å²) in [5.41, 5.74) is 8.39. The summed E-state index contributed by atoms with van der Waals surface area (Å²) in [6.07, 6.45) is 1.17. The summed E-state index contributed by atoms with van der Waals surface area (Å²) in [6.45, 7) is 11.6. The summed E-state index contributed by atoms with van der Waals surface area (Å²) in [7, 11) is 0. The number of nitrogens with zero attached hydrogens (tertiary/aromatic N) is 1. The second-order valence-electron chi connectivity index (χ2n) is 8.68. The van der Waals surface area contributed by atoms with Crippen LogP contribution >= 0.6 is 11.3 Å². The van der Waals surface area contributed by atoms with Crippen LogP contribution in [0, 0.1) is 33.8 Å². The first-order valence-electron chi connectivity index (χ1n) is 11.3. The summed E-state index contributed by atoms with van der Waals surface area (Å²) < 4.78 is 2.57.